The maximum Gasteiger partial charge on any atom is 0.453 e. The summed E-state index contributed by atoms with van der Waals surface area (Å²) in [6.07, 6.45) is -7.73. The van der Waals surface area contributed by atoms with E-state index in [-0.39, 0.29) is 18.2 Å². The highest BCUT2D eigenvalue weighted by atomic mass is 32.2. The Morgan fingerprint density at radius 2 is 1.61 bits per heavy atom. The number of alkyl halides is 5. The summed E-state index contributed by atoms with van der Waals surface area (Å²) < 4.78 is 82.9. The van der Waals surface area contributed by atoms with Gasteiger partial charge in [-0.25, -0.2) is 8.42 Å². The molecule has 0 spiro atoms. The molecule has 0 radical (unpaired) electrons. The first-order valence-electron chi connectivity index (χ1n) is 5.28. The third kappa shape index (κ3) is 6.48. The van der Waals surface area contributed by atoms with Gasteiger partial charge in [0, 0.05) is 12.5 Å². The van der Waals surface area contributed by atoms with Gasteiger partial charge in [-0.2, -0.15) is 22.0 Å². The molecule has 2 N–H and O–H groups in total. The fourth-order valence-electron chi connectivity index (χ4n) is 1.12. The summed E-state index contributed by atoms with van der Waals surface area (Å²) in [5.41, 5.74) is 5.32. The first-order chi connectivity index (χ1) is 7.87. The van der Waals surface area contributed by atoms with Gasteiger partial charge in [0.2, 0.25) is 0 Å². The molecule has 18 heavy (non-hydrogen) atoms. The van der Waals surface area contributed by atoms with E-state index in [9.17, 15) is 30.4 Å². The minimum atomic E-state index is -5.64. The van der Waals surface area contributed by atoms with Crippen molar-refractivity contribution in [1.29, 1.82) is 0 Å². The molecule has 1 atom stereocenters. The van der Waals surface area contributed by atoms with Crippen LogP contribution in [-0.2, 0) is 9.84 Å². The Morgan fingerprint density at radius 1 is 1.11 bits per heavy atom. The molecule has 0 saturated heterocycles. The summed E-state index contributed by atoms with van der Waals surface area (Å²) >= 11 is 0. The van der Waals surface area contributed by atoms with Crippen molar-refractivity contribution >= 4 is 9.84 Å². The lowest BCUT2D eigenvalue weighted by atomic mass is 10.2. The predicted octanol–water partition coefficient (Wildman–Crippen LogP) is 2.12. The molecule has 3 nitrogen and oxygen atoms in total. The quantitative estimate of drug-likeness (QED) is 0.732. The van der Waals surface area contributed by atoms with Gasteiger partial charge in [-0.05, 0) is 19.8 Å². The first kappa shape index (κ1) is 17.6. The summed E-state index contributed by atoms with van der Waals surface area (Å²) in [5.74, 6) is -5.84. The topological polar surface area (TPSA) is 60.2 Å². The van der Waals surface area contributed by atoms with E-state index in [0.717, 1.165) is 0 Å². The third-order valence-electron chi connectivity index (χ3n) is 2.25. The molecule has 0 heterocycles. The van der Waals surface area contributed by atoms with Gasteiger partial charge < -0.3 is 5.73 Å². The van der Waals surface area contributed by atoms with Crippen molar-refractivity contribution < 1.29 is 30.4 Å². The van der Waals surface area contributed by atoms with Gasteiger partial charge in [0.05, 0.1) is 11.5 Å². The van der Waals surface area contributed by atoms with E-state index in [2.05, 4.69) is 0 Å². The van der Waals surface area contributed by atoms with Gasteiger partial charge in [-0.15, -0.1) is 0 Å². The van der Waals surface area contributed by atoms with Crippen molar-refractivity contribution in [1.82, 2.24) is 0 Å². The molecule has 0 aliphatic rings. The SMILES string of the molecule is CC(N)CCS(=O)(=O)CCCC(F)(F)C(F)(F)F. The van der Waals surface area contributed by atoms with Crippen LogP contribution >= 0.6 is 0 Å². The number of hydrogen-bond acceptors (Lipinski definition) is 3. The summed E-state index contributed by atoms with van der Waals surface area (Å²) in [4.78, 5) is 0. The molecule has 0 fully saturated rings. The molecule has 0 amide bonds. The molecule has 1 unspecified atom stereocenters. The average Bonchev–Trinajstić information content (AvgIpc) is 2.12. The van der Waals surface area contributed by atoms with Crippen LogP contribution in [0.3, 0.4) is 0 Å². The molecule has 0 aliphatic heterocycles. The van der Waals surface area contributed by atoms with Gasteiger partial charge in [-0.1, -0.05) is 0 Å². The standard InChI is InChI=1S/C9H16F5NO2S/c1-7(15)3-6-18(16,17)5-2-4-8(10,11)9(12,13)14/h7H,2-6,15H2,1H3. The molecule has 110 valence electrons. The van der Waals surface area contributed by atoms with Crippen molar-refractivity contribution in [2.24, 2.45) is 5.73 Å². The number of sulfone groups is 1. The summed E-state index contributed by atoms with van der Waals surface area (Å²) in [5, 5.41) is 0. The van der Waals surface area contributed by atoms with E-state index in [4.69, 9.17) is 5.73 Å². The first-order valence-corrected chi connectivity index (χ1v) is 7.10. The van der Waals surface area contributed by atoms with Gasteiger partial charge in [-0.3, -0.25) is 0 Å². The van der Waals surface area contributed by atoms with E-state index in [1.54, 1.807) is 6.92 Å². The van der Waals surface area contributed by atoms with E-state index in [0.29, 0.717) is 0 Å². The van der Waals surface area contributed by atoms with Crippen molar-refractivity contribution in [2.75, 3.05) is 11.5 Å². The Kier molecular flexibility index (Phi) is 5.99. The monoisotopic (exact) mass is 297 g/mol. The zero-order valence-corrected chi connectivity index (χ0v) is 10.6. The highest BCUT2D eigenvalue weighted by molar-refractivity contribution is 7.91. The summed E-state index contributed by atoms with van der Waals surface area (Å²) in [6, 6.07) is -0.364. The molecular weight excluding hydrogens is 281 g/mol. The van der Waals surface area contributed by atoms with Crippen LogP contribution in [0, 0.1) is 0 Å². The van der Waals surface area contributed by atoms with E-state index < -0.39 is 40.5 Å². The Morgan fingerprint density at radius 3 is 2.00 bits per heavy atom. The predicted molar refractivity (Wildman–Crippen MR) is 57.2 cm³/mol. The van der Waals surface area contributed by atoms with E-state index in [1.165, 1.54) is 0 Å². The summed E-state index contributed by atoms with van der Waals surface area (Å²) in [7, 11) is -3.63. The summed E-state index contributed by atoms with van der Waals surface area (Å²) in [6.45, 7) is 1.58. The van der Waals surface area contributed by atoms with Crippen molar-refractivity contribution in [3.63, 3.8) is 0 Å². The second kappa shape index (κ2) is 6.14. The lowest BCUT2D eigenvalue weighted by molar-refractivity contribution is -0.284. The number of halogens is 5. The second-order valence-electron chi connectivity index (χ2n) is 4.22. The molecule has 0 aromatic heterocycles. The minimum absolute atomic E-state index is 0.151. The molecule has 0 aliphatic carbocycles. The Bertz CT molecular complexity index is 350. The van der Waals surface area contributed by atoms with Crippen LogP contribution in [0.25, 0.3) is 0 Å². The molecule has 9 heteroatoms. The third-order valence-corrected chi connectivity index (χ3v) is 4.01. The molecule has 0 saturated carbocycles. The van der Waals surface area contributed by atoms with E-state index >= 15 is 0 Å². The highest BCUT2D eigenvalue weighted by Crippen LogP contribution is 2.38. The molecule has 0 bridgehead atoms. The number of rotatable bonds is 7. The van der Waals surface area contributed by atoms with Crippen LogP contribution in [0.4, 0.5) is 22.0 Å². The Balaban J connectivity index is 4.20. The van der Waals surface area contributed by atoms with Crippen molar-refractivity contribution in [3.05, 3.63) is 0 Å². The number of nitrogens with two attached hydrogens (primary N) is 1. The van der Waals surface area contributed by atoms with Crippen LogP contribution in [0.1, 0.15) is 26.2 Å². The zero-order valence-electron chi connectivity index (χ0n) is 9.80. The fourth-order valence-corrected chi connectivity index (χ4v) is 2.64. The molecular formula is C9H16F5NO2S. The fraction of sp³-hybridized carbons (Fsp3) is 1.00. The maximum absolute atomic E-state index is 12.5. The van der Waals surface area contributed by atoms with Crippen LogP contribution in [0.5, 0.6) is 0 Å². The lowest BCUT2D eigenvalue weighted by Crippen LogP contribution is -2.36. The van der Waals surface area contributed by atoms with Crippen molar-refractivity contribution in [3.8, 4) is 0 Å². The Hall–Kier alpha value is -0.440. The normalized spacial score (nSPS) is 15.7. The molecule has 0 aromatic rings. The zero-order chi connectivity index (χ0) is 14.6. The van der Waals surface area contributed by atoms with Gasteiger partial charge in [0.25, 0.3) is 0 Å². The van der Waals surface area contributed by atoms with Crippen LogP contribution in [-0.4, -0.2) is 38.1 Å². The van der Waals surface area contributed by atoms with Crippen LogP contribution in [0.2, 0.25) is 0 Å². The van der Waals surface area contributed by atoms with Gasteiger partial charge in [0.1, 0.15) is 9.84 Å². The van der Waals surface area contributed by atoms with Crippen LogP contribution < -0.4 is 5.73 Å². The van der Waals surface area contributed by atoms with Gasteiger partial charge in [0.15, 0.2) is 0 Å². The lowest BCUT2D eigenvalue weighted by Gasteiger charge is -2.19. The average molecular weight is 297 g/mol. The van der Waals surface area contributed by atoms with Gasteiger partial charge >= 0.3 is 12.1 Å². The smallest absolute Gasteiger partial charge is 0.328 e. The minimum Gasteiger partial charge on any atom is -0.328 e. The molecule has 0 aromatic carbocycles. The van der Waals surface area contributed by atoms with Crippen molar-refractivity contribution in [2.45, 2.75) is 44.3 Å². The second-order valence-corrected chi connectivity index (χ2v) is 6.53. The van der Waals surface area contributed by atoms with E-state index in [1.807, 2.05) is 0 Å². The Labute approximate surface area is 102 Å². The maximum atomic E-state index is 12.5. The number of hydrogen-bond donors (Lipinski definition) is 1. The largest absolute Gasteiger partial charge is 0.453 e. The highest BCUT2D eigenvalue weighted by Gasteiger charge is 2.56. The molecule has 0 rings (SSSR count). The van der Waals surface area contributed by atoms with Crippen LogP contribution in [0.15, 0.2) is 0 Å².